The van der Waals surface area contributed by atoms with Gasteiger partial charge < -0.3 is 72.8 Å². The Balaban J connectivity index is 2.01. The second-order valence-electron chi connectivity index (χ2n) is 13.9. The Morgan fingerprint density at radius 2 is 1.09 bits per heavy atom. The summed E-state index contributed by atoms with van der Waals surface area (Å²) in [5.74, 6) is -7.21. The van der Waals surface area contributed by atoms with Crippen molar-refractivity contribution >= 4 is 71.2 Å². The van der Waals surface area contributed by atoms with Crippen LogP contribution < -0.4 is 16.0 Å². The standard InChI is InChI=1S/C39H51N3O21S/c1-18(43)53-16-27-30(63-37-34(60-24(7)49)32(58-22(5)47)29(56-20(3)45)28(62-37)17-54-19(2)44)31(57-21(4)46)33(59-23(6)48)35(61-27)42-38(64)40-14-26(36(50)52-8)41-39(51)55-15-25-12-10-9-11-13-25/h9-13,26-35,37H,14-17H2,1-8H3,(H,41,51)(H2,40,42,64)/t26-,27?,28?,29-,30+,31?,32?,33?,34?,35+,37-/m0/s1. The molecule has 3 rings (SSSR count). The monoisotopic (exact) mass is 929 g/mol. The molecule has 0 spiro atoms. The van der Waals surface area contributed by atoms with Crippen molar-refractivity contribution in [2.24, 2.45) is 0 Å². The number of amides is 1. The van der Waals surface area contributed by atoms with E-state index >= 15 is 0 Å². The SMILES string of the molecule is COC(=O)[C@H](CNC(=S)N[C@@H]1OC(COC(C)=O)[C@@H](O[C@@H]2OC(COC(C)=O)[C@H](OC(C)=O)C(OC(C)=O)C2OC(C)=O)C(OC(C)=O)C1OC(C)=O)NC(=O)OCc1ccccc1. The summed E-state index contributed by atoms with van der Waals surface area (Å²) in [4.78, 5) is 112. The highest BCUT2D eigenvalue weighted by Gasteiger charge is 2.57. The largest absolute Gasteiger partial charge is 0.467 e. The smallest absolute Gasteiger partial charge is 0.408 e. The zero-order valence-corrected chi connectivity index (χ0v) is 36.9. The van der Waals surface area contributed by atoms with Crippen molar-refractivity contribution in [2.45, 2.75) is 122 Å². The maximum atomic E-state index is 12.8. The van der Waals surface area contributed by atoms with Crippen LogP contribution in [0.5, 0.6) is 0 Å². The van der Waals surface area contributed by atoms with Crippen LogP contribution in [0.2, 0.25) is 0 Å². The van der Waals surface area contributed by atoms with Gasteiger partial charge >= 0.3 is 53.8 Å². The lowest BCUT2D eigenvalue weighted by molar-refractivity contribution is -0.345. The minimum Gasteiger partial charge on any atom is -0.467 e. The lowest BCUT2D eigenvalue weighted by atomic mass is 9.95. The normalized spacial score (nSPS) is 25.3. The lowest BCUT2D eigenvalue weighted by Crippen LogP contribution is -2.69. The van der Waals surface area contributed by atoms with E-state index in [1.165, 1.54) is 0 Å². The number of hydrogen-bond donors (Lipinski definition) is 3. The zero-order valence-electron chi connectivity index (χ0n) is 36.0. The molecule has 0 aromatic heterocycles. The number of carbonyl (C=O) groups excluding carboxylic acids is 9. The second kappa shape index (κ2) is 25.2. The van der Waals surface area contributed by atoms with E-state index in [9.17, 15) is 43.2 Å². The topological polar surface area (TPSA) is 300 Å². The van der Waals surface area contributed by atoms with Gasteiger partial charge in [-0.3, -0.25) is 33.6 Å². The van der Waals surface area contributed by atoms with Gasteiger partial charge in [0.25, 0.3) is 0 Å². The molecular weight excluding hydrogens is 878 g/mol. The van der Waals surface area contributed by atoms with Crippen LogP contribution in [0.1, 0.15) is 54.0 Å². The van der Waals surface area contributed by atoms with Gasteiger partial charge in [0, 0.05) is 55.0 Å². The van der Waals surface area contributed by atoms with Crippen LogP contribution in [0, 0.1) is 0 Å². The van der Waals surface area contributed by atoms with E-state index in [0.717, 1.165) is 55.6 Å². The molecule has 2 fully saturated rings. The Bertz CT molecular complexity index is 1850. The van der Waals surface area contributed by atoms with Gasteiger partial charge in [0.15, 0.2) is 48.2 Å². The molecule has 354 valence electrons. The molecule has 0 bridgehead atoms. The van der Waals surface area contributed by atoms with Gasteiger partial charge in [0.1, 0.15) is 44.2 Å². The Morgan fingerprint density at radius 1 is 0.609 bits per heavy atom. The van der Waals surface area contributed by atoms with E-state index in [0.29, 0.717) is 5.56 Å². The Morgan fingerprint density at radius 3 is 1.61 bits per heavy atom. The van der Waals surface area contributed by atoms with Gasteiger partial charge in [0.05, 0.1) is 7.11 Å². The third-order valence-electron chi connectivity index (χ3n) is 8.66. The molecule has 24 nitrogen and oxygen atoms in total. The van der Waals surface area contributed by atoms with Crippen molar-refractivity contribution in [1.82, 2.24) is 16.0 Å². The average Bonchev–Trinajstić information content (AvgIpc) is 3.20. The number of carbonyl (C=O) groups is 9. The molecule has 2 aliphatic heterocycles. The number of nitrogens with one attached hydrogen (secondary N) is 3. The lowest BCUT2D eigenvalue weighted by Gasteiger charge is -2.49. The van der Waals surface area contributed by atoms with Gasteiger partial charge in [-0.25, -0.2) is 9.59 Å². The fraction of sp³-hybridized carbons (Fsp3) is 0.590. The molecule has 0 radical (unpaired) electrons. The van der Waals surface area contributed by atoms with Gasteiger partial charge in [0.2, 0.25) is 0 Å². The van der Waals surface area contributed by atoms with Gasteiger partial charge in [-0.15, -0.1) is 0 Å². The first kappa shape index (κ1) is 52.2. The van der Waals surface area contributed by atoms with Crippen molar-refractivity contribution in [2.75, 3.05) is 26.9 Å². The molecule has 3 N–H and O–H groups in total. The van der Waals surface area contributed by atoms with Crippen LogP contribution in [-0.4, -0.2) is 153 Å². The van der Waals surface area contributed by atoms with E-state index in [4.69, 9.17) is 69.1 Å². The molecule has 2 aliphatic rings. The zero-order chi connectivity index (χ0) is 47.7. The highest BCUT2D eigenvalue weighted by atomic mass is 32.1. The summed E-state index contributed by atoms with van der Waals surface area (Å²) >= 11 is 5.46. The molecule has 2 heterocycles. The summed E-state index contributed by atoms with van der Waals surface area (Å²) in [5.41, 5.74) is 0.676. The van der Waals surface area contributed by atoms with E-state index in [-0.39, 0.29) is 11.7 Å². The second-order valence-corrected chi connectivity index (χ2v) is 14.3. The summed E-state index contributed by atoms with van der Waals surface area (Å²) in [6.07, 6.45) is -17.6. The summed E-state index contributed by atoms with van der Waals surface area (Å²) in [7, 11) is 1.08. The van der Waals surface area contributed by atoms with E-state index in [2.05, 4.69) is 16.0 Å². The van der Waals surface area contributed by atoms with Gasteiger partial charge in [-0.1, -0.05) is 30.3 Å². The van der Waals surface area contributed by atoms with Crippen LogP contribution >= 0.6 is 12.2 Å². The van der Waals surface area contributed by atoms with E-state index < -0.39 is 141 Å². The van der Waals surface area contributed by atoms with Crippen molar-refractivity contribution < 1.29 is 100.0 Å². The molecule has 1 aromatic rings. The molecule has 1 aromatic carbocycles. The third kappa shape index (κ3) is 16.8. The number of methoxy groups -OCH3 is 1. The minimum atomic E-state index is -1.89. The van der Waals surface area contributed by atoms with Crippen molar-refractivity contribution in [1.29, 1.82) is 0 Å². The minimum absolute atomic E-state index is 0.110. The number of alkyl carbamates (subject to hydrolysis) is 1. The van der Waals surface area contributed by atoms with Gasteiger partial charge in [-0.2, -0.15) is 0 Å². The molecule has 25 heteroatoms. The molecule has 64 heavy (non-hydrogen) atoms. The van der Waals surface area contributed by atoms with Crippen molar-refractivity contribution in [3.63, 3.8) is 0 Å². The molecular formula is C39H51N3O21S. The number of thiocarbonyl (C=S) groups is 1. The summed E-state index contributed by atoms with van der Waals surface area (Å²) < 4.78 is 66.7. The fourth-order valence-corrected chi connectivity index (χ4v) is 6.45. The predicted molar refractivity (Wildman–Crippen MR) is 213 cm³/mol. The highest BCUT2D eigenvalue weighted by Crippen LogP contribution is 2.35. The van der Waals surface area contributed by atoms with Crippen molar-refractivity contribution in [3.8, 4) is 0 Å². The maximum Gasteiger partial charge on any atom is 0.408 e. The molecule has 2 saturated heterocycles. The maximum absolute atomic E-state index is 12.8. The first-order valence-corrected chi connectivity index (χ1v) is 19.8. The highest BCUT2D eigenvalue weighted by molar-refractivity contribution is 7.80. The Labute approximate surface area is 371 Å². The van der Waals surface area contributed by atoms with Crippen LogP contribution in [0.15, 0.2) is 30.3 Å². The molecule has 11 atom stereocenters. The quantitative estimate of drug-likeness (QED) is 0.0953. The summed E-state index contributed by atoms with van der Waals surface area (Å²) in [5, 5.41) is 7.52. The first-order valence-electron chi connectivity index (χ1n) is 19.4. The van der Waals surface area contributed by atoms with Crippen LogP contribution in [0.4, 0.5) is 4.79 Å². The van der Waals surface area contributed by atoms with Crippen LogP contribution in [0.25, 0.3) is 0 Å². The van der Waals surface area contributed by atoms with Gasteiger partial charge in [-0.05, 0) is 17.8 Å². The molecule has 1 amide bonds. The molecule has 0 aliphatic carbocycles. The predicted octanol–water partition coefficient (Wildman–Crippen LogP) is -0.462. The first-order chi connectivity index (χ1) is 30.2. The number of benzene rings is 1. The number of rotatable bonds is 18. The number of hydrogen-bond acceptors (Lipinski definition) is 22. The molecule has 0 saturated carbocycles. The van der Waals surface area contributed by atoms with E-state index in [1.54, 1.807) is 30.3 Å². The number of ether oxygens (including phenoxy) is 12. The third-order valence-corrected chi connectivity index (χ3v) is 8.92. The summed E-state index contributed by atoms with van der Waals surface area (Å²) in [6.45, 7) is 5.40. The average molecular weight is 930 g/mol. The van der Waals surface area contributed by atoms with Crippen LogP contribution in [0.3, 0.4) is 0 Å². The number of esters is 8. The van der Waals surface area contributed by atoms with E-state index in [1.807, 2.05) is 0 Å². The van der Waals surface area contributed by atoms with Crippen molar-refractivity contribution in [3.05, 3.63) is 35.9 Å². The molecule has 6 unspecified atom stereocenters. The summed E-state index contributed by atoms with van der Waals surface area (Å²) in [6, 6.07) is 7.35. The Hall–Kier alpha value is -6.18. The fourth-order valence-electron chi connectivity index (χ4n) is 6.25. The Kier molecular flexibility index (Phi) is 20.5. The van der Waals surface area contributed by atoms with Crippen LogP contribution in [-0.2, 0) is 102 Å².